The van der Waals surface area contributed by atoms with Gasteiger partial charge in [-0.3, -0.25) is 4.79 Å². The van der Waals surface area contributed by atoms with E-state index in [1.54, 1.807) is 13.0 Å². The first-order chi connectivity index (χ1) is 10.3. The number of aliphatic carboxylic acids is 1. The lowest BCUT2D eigenvalue weighted by atomic mass is 10.0. The normalized spacial score (nSPS) is 10.9. The molecule has 0 heterocycles. The monoisotopic (exact) mass is 307 g/mol. The van der Waals surface area contributed by atoms with Gasteiger partial charge in [0.1, 0.15) is 6.04 Å². The van der Waals surface area contributed by atoms with Gasteiger partial charge in [0, 0.05) is 5.56 Å². The standard InChI is InChI=1S/C15H21NO3.CO2/c1-4-13(15(18)19)16-14(17)12-7-5-6-11(9-12)8-10(2)3;2-1-3/h5-7,9-10,13H,4,8H2,1-3H3,(H,16,17)(H,18,19);/t13-;/m0./s1. The molecule has 1 aromatic rings. The second kappa shape index (κ2) is 10.3. The van der Waals surface area contributed by atoms with Gasteiger partial charge in [-0.25, -0.2) is 4.79 Å². The van der Waals surface area contributed by atoms with Crippen LogP contribution in [0.1, 0.15) is 43.1 Å². The highest BCUT2D eigenvalue weighted by Crippen LogP contribution is 2.11. The zero-order valence-corrected chi connectivity index (χ0v) is 13.0. The lowest BCUT2D eigenvalue weighted by Crippen LogP contribution is -2.40. The Labute approximate surface area is 129 Å². The molecule has 0 saturated heterocycles. The van der Waals surface area contributed by atoms with Crippen LogP contribution < -0.4 is 5.32 Å². The summed E-state index contributed by atoms with van der Waals surface area (Å²) >= 11 is 0. The van der Waals surface area contributed by atoms with E-state index < -0.39 is 12.0 Å². The molecule has 0 saturated carbocycles. The summed E-state index contributed by atoms with van der Waals surface area (Å²) in [6.45, 7) is 5.96. The number of benzene rings is 1. The van der Waals surface area contributed by atoms with E-state index in [1.807, 2.05) is 18.2 Å². The fourth-order valence-electron chi connectivity index (χ4n) is 1.89. The van der Waals surface area contributed by atoms with E-state index in [0.29, 0.717) is 17.9 Å². The Bertz CT molecular complexity index is 533. The van der Waals surface area contributed by atoms with Crippen LogP contribution in [0.4, 0.5) is 0 Å². The van der Waals surface area contributed by atoms with Crippen LogP contribution in [0.5, 0.6) is 0 Å². The van der Waals surface area contributed by atoms with Gasteiger partial charge in [0.15, 0.2) is 0 Å². The second-order valence-corrected chi connectivity index (χ2v) is 5.15. The second-order valence-electron chi connectivity index (χ2n) is 5.15. The lowest BCUT2D eigenvalue weighted by molar-refractivity contribution is -0.191. The van der Waals surface area contributed by atoms with Crippen molar-refractivity contribution in [3.05, 3.63) is 35.4 Å². The minimum absolute atomic E-state index is 0.250. The highest BCUT2D eigenvalue weighted by atomic mass is 16.4. The molecule has 6 nitrogen and oxygen atoms in total. The number of hydrogen-bond donors (Lipinski definition) is 2. The summed E-state index contributed by atoms with van der Waals surface area (Å²) < 4.78 is 0. The molecule has 0 aliphatic carbocycles. The molecule has 0 fully saturated rings. The largest absolute Gasteiger partial charge is 0.480 e. The van der Waals surface area contributed by atoms with E-state index in [9.17, 15) is 9.59 Å². The molecule has 1 atom stereocenters. The van der Waals surface area contributed by atoms with Gasteiger partial charge in [0.2, 0.25) is 0 Å². The van der Waals surface area contributed by atoms with Gasteiger partial charge in [-0.1, -0.05) is 32.9 Å². The molecule has 0 bridgehead atoms. The quantitative estimate of drug-likeness (QED) is 0.836. The Morgan fingerprint density at radius 3 is 2.32 bits per heavy atom. The van der Waals surface area contributed by atoms with Crippen LogP contribution >= 0.6 is 0 Å². The summed E-state index contributed by atoms with van der Waals surface area (Å²) in [7, 11) is 0. The Morgan fingerprint density at radius 2 is 1.86 bits per heavy atom. The van der Waals surface area contributed by atoms with Crippen molar-refractivity contribution in [2.24, 2.45) is 5.92 Å². The summed E-state index contributed by atoms with van der Waals surface area (Å²) in [4.78, 5) is 39.1. The van der Waals surface area contributed by atoms with Crippen molar-refractivity contribution < 1.29 is 24.3 Å². The minimum atomic E-state index is -1.01. The first kappa shape index (κ1) is 19.5. The summed E-state index contributed by atoms with van der Waals surface area (Å²) in [6.07, 6.45) is 1.52. The number of carbonyl (C=O) groups is 2. The fraction of sp³-hybridized carbons (Fsp3) is 0.438. The predicted molar refractivity (Wildman–Crippen MR) is 79.2 cm³/mol. The molecule has 0 aliphatic heterocycles. The maximum absolute atomic E-state index is 12.0. The van der Waals surface area contributed by atoms with Crippen LogP contribution in [0.3, 0.4) is 0 Å². The maximum atomic E-state index is 12.0. The molecule has 120 valence electrons. The summed E-state index contributed by atoms with van der Waals surface area (Å²) in [5.74, 6) is -0.824. The smallest absolute Gasteiger partial charge is 0.373 e. The average Bonchev–Trinajstić information content (AvgIpc) is 2.44. The Kier molecular flexibility index (Phi) is 9.14. The third-order valence-corrected chi connectivity index (χ3v) is 2.84. The number of carboxylic acid groups (broad SMARTS) is 1. The van der Waals surface area contributed by atoms with Gasteiger partial charge in [-0.05, 0) is 36.5 Å². The molecular formula is C16H21NO5. The predicted octanol–water partition coefficient (Wildman–Crippen LogP) is 1.89. The fourth-order valence-corrected chi connectivity index (χ4v) is 1.89. The van der Waals surface area contributed by atoms with E-state index in [4.69, 9.17) is 14.7 Å². The van der Waals surface area contributed by atoms with Crippen molar-refractivity contribution in [2.75, 3.05) is 0 Å². The highest BCUT2D eigenvalue weighted by molar-refractivity contribution is 5.96. The van der Waals surface area contributed by atoms with E-state index in [2.05, 4.69) is 19.2 Å². The van der Waals surface area contributed by atoms with Crippen molar-refractivity contribution in [1.82, 2.24) is 5.32 Å². The molecule has 1 amide bonds. The molecule has 1 aromatic carbocycles. The van der Waals surface area contributed by atoms with Crippen LogP contribution in [0.15, 0.2) is 24.3 Å². The zero-order chi connectivity index (χ0) is 17.1. The topological polar surface area (TPSA) is 101 Å². The number of amides is 1. The van der Waals surface area contributed by atoms with E-state index in [-0.39, 0.29) is 12.1 Å². The van der Waals surface area contributed by atoms with Gasteiger partial charge in [-0.2, -0.15) is 9.59 Å². The number of carboxylic acids is 1. The molecule has 2 N–H and O–H groups in total. The highest BCUT2D eigenvalue weighted by Gasteiger charge is 2.18. The van der Waals surface area contributed by atoms with Gasteiger partial charge in [0.05, 0.1) is 0 Å². The average molecular weight is 307 g/mol. The minimum Gasteiger partial charge on any atom is -0.480 e. The molecule has 0 radical (unpaired) electrons. The van der Waals surface area contributed by atoms with E-state index in [1.165, 1.54) is 0 Å². The van der Waals surface area contributed by atoms with E-state index in [0.717, 1.165) is 12.0 Å². The van der Waals surface area contributed by atoms with Crippen LogP contribution in [0.25, 0.3) is 0 Å². The maximum Gasteiger partial charge on any atom is 0.373 e. The molecule has 22 heavy (non-hydrogen) atoms. The van der Waals surface area contributed by atoms with Crippen LogP contribution in [0, 0.1) is 5.92 Å². The van der Waals surface area contributed by atoms with Crippen LogP contribution in [0.2, 0.25) is 0 Å². The molecular weight excluding hydrogens is 286 g/mol. The van der Waals surface area contributed by atoms with Crippen molar-refractivity contribution in [2.45, 2.75) is 39.7 Å². The van der Waals surface area contributed by atoms with Crippen molar-refractivity contribution >= 4 is 18.0 Å². The molecule has 0 spiro atoms. The summed E-state index contributed by atoms with van der Waals surface area (Å²) in [5, 5.41) is 11.5. The lowest BCUT2D eigenvalue weighted by Gasteiger charge is -2.13. The number of carbonyl (C=O) groups excluding carboxylic acids is 3. The Morgan fingerprint density at radius 1 is 1.27 bits per heavy atom. The Hall–Kier alpha value is -2.46. The molecule has 0 unspecified atom stereocenters. The van der Waals surface area contributed by atoms with Crippen LogP contribution in [-0.2, 0) is 20.8 Å². The van der Waals surface area contributed by atoms with Crippen molar-refractivity contribution in [1.29, 1.82) is 0 Å². The third-order valence-electron chi connectivity index (χ3n) is 2.84. The number of nitrogens with one attached hydrogen (secondary N) is 1. The first-order valence-electron chi connectivity index (χ1n) is 6.97. The van der Waals surface area contributed by atoms with E-state index >= 15 is 0 Å². The van der Waals surface area contributed by atoms with Crippen molar-refractivity contribution in [3.63, 3.8) is 0 Å². The molecule has 0 aromatic heterocycles. The van der Waals surface area contributed by atoms with Gasteiger partial charge in [-0.15, -0.1) is 0 Å². The first-order valence-corrected chi connectivity index (χ1v) is 6.97. The number of rotatable bonds is 6. The van der Waals surface area contributed by atoms with Gasteiger partial charge in [0.25, 0.3) is 5.91 Å². The summed E-state index contributed by atoms with van der Waals surface area (Å²) in [6, 6.07) is 6.50. The van der Waals surface area contributed by atoms with Gasteiger partial charge >= 0.3 is 12.1 Å². The Balaban J connectivity index is 0.00000135. The molecule has 6 heteroatoms. The third kappa shape index (κ3) is 7.36. The molecule has 1 rings (SSSR count). The number of hydrogen-bond acceptors (Lipinski definition) is 4. The van der Waals surface area contributed by atoms with Gasteiger partial charge < -0.3 is 10.4 Å². The SMILES string of the molecule is CC[C@H](NC(=O)c1cccc(CC(C)C)c1)C(=O)O.O=C=O. The van der Waals surface area contributed by atoms with Crippen LogP contribution in [-0.4, -0.2) is 29.2 Å². The van der Waals surface area contributed by atoms with Crippen molar-refractivity contribution in [3.8, 4) is 0 Å². The molecule has 0 aliphatic rings. The zero-order valence-electron chi connectivity index (χ0n) is 13.0. The summed E-state index contributed by atoms with van der Waals surface area (Å²) in [5.41, 5.74) is 1.60.